The van der Waals surface area contributed by atoms with Gasteiger partial charge in [-0.1, -0.05) is 24.3 Å². The quantitative estimate of drug-likeness (QED) is 0.407. The maximum Gasteiger partial charge on any atom is 0.193 e. The Morgan fingerprint density at radius 2 is 1.86 bits per heavy atom. The molecule has 29 heavy (non-hydrogen) atoms. The van der Waals surface area contributed by atoms with Gasteiger partial charge in [0.2, 0.25) is 0 Å². The molecule has 2 aromatic carbocycles. The smallest absolute Gasteiger partial charge is 0.193 e. The number of ether oxygens (including phenoxy) is 2. The summed E-state index contributed by atoms with van der Waals surface area (Å²) in [7, 11) is 5.27. The molecule has 1 unspecified atom stereocenters. The number of guanidine groups is 1. The van der Waals surface area contributed by atoms with Crippen LogP contribution in [0.5, 0.6) is 5.75 Å². The zero-order valence-electron chi connectivity index (χ0n) is 17.6. The van der Waals surface area contributed by atoms with E-state index in [0.29, 0.717) is 12.5 Å². The van der Waals surface area contributed by atoms with Gasteiger partial charge in [0, 0.05) is 51.9 Å². The molecule has 0 bridgehead atoms. The van der Waals surface area contributed by atoms with E-state index < -0.39 is 0 Å². The van der Waals surface area contributed by atoms with Crippen LogP contribution in [-0.2, 0) is 11.3 Å². The molecule has 1 aliphatic rings. The van der Waals surface area contributed by atoms with Crippen molar-refractivity contribution in [1.82, 2.24) is 10.2 Å². The van der Waals surface area contributed by atoms with E-state index in [0.717, 1.165) is 50.0 Å². The van der Waals surface area contributed by atoms with E-state index in [1.807, 2.05) is 19.2 Å². The molecule has 156 valence electrons. The lowest BCUT2D eigenvalue weighted by atomic mass is 9.98. The van der Waals surface area contributed by atoms with Gasteiger partial charge < -0.3 is 25.0 Å². The second-order valence-electron chi connectivity index (χ2n) is 7.22. The molecule has 1 heterocycles. The second kappa shape index (κ2) is 10.7. The fraction of sp³-hybridized carbons (Fsp3) is 0.435. The number of benzene rings is 2. The zero-order valence-corrected chi connectivity index (χ0v) is 17.6. The van der Waals surface area contributed by atoms with Gasteiger partial charge in [0.25, 0.3) is 0 Å². The largest absolute Gasteiger partial charge is 0.497 e. The molecule has 3 rings (SSSR count). The predicted octanol–water partition coefficient (Wildman–Crippen LogP) is 3.32. The van der Waals surface area contributed by atoms with E-state index in [1.54, 1.807) is 14.2 Å². The minimum Gasteiger partial charge on any atom is -0.497 e. The number of rotatable bonds is 8. The number of anilines is 1. The molecule has 2 aromatic rings. The molecule has 0 amide bonds. The van der Waals surface area contributed by atoms with Gasteiger partial charge in [-0.2, -0.15) is 0 Å². The molecule has 1 fully saturated rings. The minimum absolute atomic E-state index is 0.525. The fourth-order valence-corrected chi connectivity index (χ4v) is 3.65. The third-order valence-electron chi connectivity index (χ3n) is 5.33. The maximum absolute atomic E-state index is 5.27. The molecule has 0 radical (unpaired) electrons. The monoisotopic (exact) mass is 396 g/mol. The summed E-state index contributed by atoms with van der Waals surface area (Å²) in [4.78, 5) is 6.84. The highest BCUT2D eigenvalue weighted by Crippen LogP contribution is 2.28. The van der Waals surface area contributed by atoms with Crippen LogP contribution < -0.4 is 15.4 Å². The number of likely N-dealkylation sites (tertiary alicyclic amines) is 1. The Hall–Kier alpha value is -2.73. The van der Waals surface area contributed by atoms with Crippen molar-refractivity contribution >= 4 is 11.6 Å². The molecule has 6 heteroatoms. The third-order valence-corrected chi connectivity index (χ3v) is 5.33. The first-order valence-corrected chi connectivity index (χ1v) is 10.1. The summed E-state index contributed by atoms with van der Waals surface area (Å²) in [5.74, 6) is 2.39. The van der Waals surface area contributed by atoms with Gasteiger partial charge in [0.1, 0.15) is 5.75 Å². The van der Waals surface area contributed by atoms with E-state index in [-0.39, 0.29) is 0 Å². The molecule has 0 aliphatic carbocycles. The van der Waals surface area contributed by atoms with Crippen LogP contribution in [-0.4, -0.2) is 58.4 Å². The first kappa shape index (κ1) is 21.0. The summed E-state index contributed by atoms with van der Waals surface area (Å²) in [6, 6.07) is 16.9. The van der Waals surface area contributed by atoms with Crippen molar-refractivity contribution < 1.29 is 9.47 Å². The number of nitrogens with one attached hydrogen (secondary N) is 2. The van der Waals surface area contributed by atoms with Crippen molar-refractivity contribution in [3.63, 3.8) is 0 Å². The SMILES string of the molecule is CN=C(NCc1ccc(NCCOC)cc1)N1CCC(c2ccc(OC)cc2)C1. The van der Waals surface area contributed by atoms with Crippen LogP contribution in [0.1, 0.15) is 23.5 Å². The van der Waals surface area contributed by atoms with Gasteiger partial charge in [-0.25, -0.2) is 0 Å². The van der Waals surface area contributed by atoms with Crippen LogP contribution in [0.2, 0.25) is 0 Å². The standard InChI is InChI=1S/C23H32N4O2/c1-24-23(26-16-18-4-8-21(9-5-18)25-13-15-28-2)27-14-12-20(17-27)19-6-10-22(29-3)11-7-19/h4-11,20,25H,12-17H2,1-3H3,(H,24,26). The lowest BCUT2D eigenvalue weighted by Gasteiger charge is -2.22. The van der Waals surface area contributed by atoms with Crippen molar-refractivity contribution in [3.05, 3.63) is 59.7 Å². The van der Waals surface area contributed by atoms with Crippen molar-refractivity contribution in [3.8, 4) is 5.75 Å². The average molecular weight is 397 g/mol. The molecule has 0 saturated carbocycles. The molecule has 1 aliphatic heterocycles. The van der Waals surface area contributed by atoms with Gasteiger partial charge >= 0.3 is 0 Å². The summed E-state index contributed by atoms with van der Waals surface area (Å²) < 4.78 is 10.3. The van der Waals surface area contributed by atoms with Crippen LogP contribution in [0.3, 0.4) is 0 Å². The number of nitrogens with zero attached hydrogens (tertiary/aromatic N) is 2. The van der Waals surface area contributed by atoms with Crippen LogP contribution in [0, 0.1) is 0 Å². The Morgan fingerprint density at radius 3 is 2.52 bits per heavy atom. The van der Waals surface area contributed by atoms with Gasteiger partial charge in [-0.05, 0) is 41.8 Å². The Balaban J connectivity index is 1.50. The van der Waals surface area contributed by atoms with Crippen molar-refractivity contribution in [2.45, 2.75) is 18.9 Å². The summed E-state index contributed by atoms with van der Waals surface area (Å²) in [5, 5.41) is 6.84. The van der Waals surface area contributed by atoms with E-state index in [2.05, 4.69) is 56.9 Å². The molecular formula is C23H32N4O2. The van der Waals surface area contributed by atoms with E-state index in [1.165, 1.54) is 11.1 Å². The Bertz CT molecular complexity index is 774. The number of hydrogen-bond donors (Lipinski definition) is 2. The summed E-state index contributed by atoms with van der Waals surface area (Å²) in [6.07, 6.45) is 1.13. The van der Waals surface area contributed by atoms with Crippen LogP contribution in [0.4, 0.5) is 5.69 Å². The average Bonchev–Trinajstić information content (AvgIpc) is 3.25. The Labute approximate surface area is 173 Å². The second-order valence-corrected chi connectivity index (χ2v) is 7.22. The van der Waals surface area contributed by atoms with E-state index >= 15 is 0 Å². The highest BCUT2D eigenvalue weighted by Gasteiger charge is 2.26. The molecular weight excluding hydrogens is 364 g/mol. The van der Waals surface area contributed by atoms with Crippen molar-refractivity contribution in [1.29, 1.82) is 0 Å². The number of methoxy groups -OCH3 is 2. The summed E-state index contributed by atoms with van der Waals surface area (Å²) >= 11 is 0. The molecule has 6 nitrogen and oxygen atoms in total. The number of hydrogen-bond acceptors (Lipinski definition) is 4. The van der Waals surface area contributed by atoms with Crippen LogP contribution >= 0.6 is 0 Å². The van der Waals surface area contributed by atoms with E-state index in [4.69, 9.17) is 9.47 Å². The molecule has 0 spiro atoms. The normalized spacial score (nSPS) is 16.7. The minimum atomic E-state index is 0.525. The maximum atomic E-state index is 5.27. The van der Waals surface area contributed by atoms with Crippen molar-refractivity contribution in [2.75, 3.05) is 52.8 Å². The van der Waals surface area contributed by atoms with Crippen LogP contribution in [0.25, 0.3) is 0 Å². The predicted molar refractivity (Wildman–Crippen MR) is 119 cm³/mol. The topological polar surface area (TPSA) is 58.1 Å². The summed E-state index contributed by atoms with van der Waals surface area (Å²) in [6.45, 7) is 4.26. The first-order chi connectivity index (χ1) is 14.2. The third kappa shape index (κ3) is 5.87. The lowest BCUT2D eigenvalue weighted by molar-refractivity contribution is 0.211. The van der Waals surface area contributed by atoms with E-state index in [9.17, 15) is 0 Å². The van der Waals surface area contributed by atoms with Gasteiger partial charge in [-0.15, -0.1) is 0 Å². The highest BCUT2D eigenvalue weighted by molar-refractivity contribution is 5.80. The van der Waals surface area contributed by atoms with Gasteiger partial charge in [-0.3, -0.25) is 4.99 Å². The van der Waals surface area contributed by atoms with Crippen LogP contribution in [0.15, 0.2) is 53.5 Å². The molecule has 0 aromatic heterocycles. The van der Waals surface area contributed by atoms with Crippen molar-refractivity contribution in [2.24, 2.45) is 4.99 Å². The molecule has 1 saturated heterocycles. The Morgan fingerprint density at radius 1 is 1.10 bits per heavy atom. The first-order valence-electron chi connectivity index (χ1n) is 10.1. The van der Waals surface area contributed by atoms with Gasteiger partial charge in [0.15, 0.2) is 5.96 Å². The lowest BCUT2D eigenvalue weighted by Crippen LogP contribution is -2.39. The molecule has 2 N–H and O–H groups in total. The Kier molecular flexibility index (Phi) is 7.76. The van der Waals surface area contributed by atoms with Gasteiger partial charge in [0.05, 0.1) is 13.7 Å². The summed E-state index contributed by atoms with van der Waals surface area (Å²) in [5.41, 5.74) is 3.70. The fourth-order valence-electron chi connectivity index (χ4n) is 3.65. The molecule has 1 atom stereocenters. The highest BCUT2D eigenvalue weighted by atomic mass is 16.5. The number of aliphatic imine (C=N–C) groups is 1. The zero-order chi connectivity index (χ0) is 20.5.